The van der Waals surface area contributed by atoms with Gasteiger partial charge in [0.1, 0.15) is 0 Å². The van der Waals surface area contributed by atoms with E-state index in [-0.39, 0.29) is 11.7 Å². The zero-order valence-electron chi connectivity index (χ0n) is 18.6. The number of para-hydroxylation sites is 1. The molecule has 0 bridgehead atoms. The highest BCUT2D eigenvalue weighted by Gasteiger charge is 2.51. The number of carbonyl (C=O) groups excluding carboxylic acids is 1. The van der Waals surface area contributed by atoms with Crippen LogP contribution in [0.1, 0.15) is 12.5 Å². The van der Waals surface area contributed by atoms with Crippen LogP contribution in [0.2, 0.25) is 10.0 Å². The van der Waals surface area contributed by atoms with Crippen molar-refractivity contribution in [2.75, 3.05) is 16.6 Å². The number of nitrogens with zero attached hydrogens (tertiary/aromatic N) is 4. The maximum Gasteiger partial charge on any atom is 0.365 e. The molecule has 0 saturated carbocycles. The highest BCUT2D eigenvalue weighted by molar-refractivity contribution is 8.17. The predicted octanol–water partition coefficient (Wildman–Crippen LogP) is 6.56. The third-order valence-corrected chi connectivity index (χ3v) is 7.07. The number of hydrazone groups is 2. The number of hydrogen-bond acceptors (Lipinski definition) is 7. The van der Waals surface area contributed by atoms with Crippen LogP contribution in [0.4, 0.5) is 11.4 Å². The summed E-state index contributed by atoms with van der Waals surface area (Å²) in [5.41, 5.74) is 3.18. The van der Waals surface area contributed by atoms with Gasteiger partial charge >= 0.3 is 5.97 Å². The molecule has 35 heavy (non-hydrogen) atoms. The van der Waals surface area contributed by atoms with Crippen molar-refractivity contribution in [1.82, 2.24) is 0 Å². The molecule has 0 unspecified atom stereocenters. The average Bonchev–Trinajstić information content (AvgIpc) is 3.25. The number of carbonyl (C=O) groups is 1. The predicted molar refractivity (Wildman–Crippen MR) is 144 cm³/mol. The molecule has 0 saturated heterocycles. The molecule has 2 heterocycles. The van der Waals surface area contributed by atoms with Gasteiger partial charge in [-0.15, -0.1) is 0 Å². The molecule has 9 heteroatoms. The number of halogens is 2. The van der Waals surface area contributed by atoms with Gasteiger partial charge in [0, 0.05) is 15.6 Å². The molecule has 6 nitrogen and oxygen atoms in total. The molecule has 176 valence electrons. The molecule has 0 aromatic heterocycles. The van der Waals surface area contributed by atoms with E-state index in [2.05, 4.69) is 5.10 Å². The number of hydrogen-bond donors (Lipinski definition) is 0. The second kappa shape index (κ2) is 9.77. The number of anilines is 2. The zero-order chi connectivity index (χ0) is 24.4. The van der Waals surface area contributed by atoms with Gasteiger partial charge in [-0.2, -0.15) is 10.2 Å². The van der Waals surface area contributed by atoms with Gasteiger partial charge in [0.15, 0.2) is 0 Å². The molecule has 0 amide bonds. The molecule has 0 fully saturated rings. The van der Waals surface area contributed by atoms with Crippen LogP contribution in [0.5, 0.6) is 0 Å². The molecule has 2 aliphatic rings. The molecule has 1 atom stereocenters. The fraction of sp³-hybridized carbons (Fsp3) is 0.115. The van der Waals surface area contributed by atoms with Crippen LogP contribution in [0.15, 0.2) is 101 Å². The van der Waals surface area contributed by atoms with Crippen molar-refractivity contribution in [2.45, 2.75) is 11.9 Å². The summed E-state index contributed by atoms with van der Waals surface area (Å²) in [6, 6.07) is 24.6. The third kappa shape index (κ3) is 4.55. The minimum atomic E-state index is -1.01. The Balaban J connectivity index is 1.66. The zero-order valence-corrected chi connectivity index (χ0v) is 21.0. The van der Waals surface area contributed by atoms with E-state index in [1.165, 1.54) is 11.8 Å². The van der Waals surface area contributed by atoms with Gasteiger partial charge in [-0.25, -0.2) is 14.8 Å². The first kappa shape index (κ1) is 23.5. The van der Waals surface area contributed by atoms with E-state index in [0.717, 1.165) is 17.0 Å². The topological polar surface area (TPSA) is 57.5 Å². The van der Waals surface area contributed by atoms with Crippen molar-refractivity contribution in [1.29, 1.82) is 0 Å². The molecule has 3 aromatic carbocycles. The lowest BCUT2D eigenvalue weighted by Gasteiger charge is -2.43. The van der Waals surface area contributed by atoms with E-state index in [4.69, 9.17) is 33.0 Å². The molecule has 5 rings (SSSR count). The molecule has 3 aromatic rings. The lowest BCUT2D eigenvalue weighted by atomic mass is 10.1. The van der Waals surface area contributed by atoms with Crippen molar-refractivity contribution in [3.05, 3.63) is 107 Å². The summed E-state index contributed by atoms with van der Waals surface area (Å²) in [6.07, 6.45) is 3.91. The Hall–Kier alpha value is -3.26. The van der Waals surface area contributed by atoms with Gasteiger partial charge in [-0.1, -0.05) is 59.6 Å². The molecule has 0 N–H and O–H groups in total. The Morgan fingerprint density at radius 1 is 0.914 bits per heavy atom. The fourth-order valence-electron chi connectivity index (χ4n) is 3.79. The van der Waals surface area contributed by atoms with Crippen LogP contribution in [-0.4, -0.2) is 28.3 Å². The van der Waals surface area contributed by atoms with E-state index >= 15 is 0 Å². The Morgan fingerprint density at radius 2 is 1.63 bits per heavy atom. The maximum absolute atomic E-state index is 12.8. The lowest BCUT2D eigenvalue weighted by Crippen LogP contribution is -2.53. The number of allylic oxidation sites excluding steroid dienone is 1. The Morgan fingerprint density at radius 3 is 2.34 bits per heavy atom. The van der Waals surface area contributed by atoms with Gasteiger partial charge in [0.05, 0.1) is 23.7 Å². The quantitative estimate of drug-likeness (QED) is 0.355. The summed E-state index contributed by atoms with van der Waals surface area (Å²) < 4.78 is 5.28. The third-order valence-electron chi connectivity index (χ3n) is 5.35. The molecular formula is C26H20Cl2N4O2S. The van der Waals surface area contributed by atoms with Crippen molar-refractivity contribution in [3.63, 3.8) is 0 Å². The minimum absolute atomic E-state index is 0.225. The lowest BCUT2D eigenvalue weighted by molar-refractivity contribution is -0.134. The Labute approximate surface area is 217 Å². The van der Waals surface area contributed by atoms with Crippen molar-refractivity contribution in [3.8, 4) is 0 Å². The second-order valence-electron chi connectivity index (χ2n) is 7.65. The summed E-state index contributed by atoms with van der Waals surface area (Å²) in [5.74, 6) is -0.490. The van der Waals surface area contributed by atoms with E-state index in [1.54, 1.807) is 24.1 Å². The maximum atomic E-state index is 12.8. The van der Waals surface area contributed by atoms with Gasteiger partial charge in [0.2, 0.25) is 10.0 Å². The highest BCUT2D eigenvalue weighted by Crippen LogP contribution is 2.48. The SMILES string of the molecule is CCOC(=O)C1=NN(c2cccc(Cl)c2)[C@]2(C=CC(c3ccc(Cl)cc3)=NN2c2ccccc2)S1. The van der Waals surface area contributed by atoms with Crippen LogP contribution in [-0.2, 0) is 9.53 Å². The fourth-order valence-corrected chi connectivity index (χ4v) is 5.25. The first-order valence-electron chi connectivity index (χ1n) is 10.9. The van der Waals surface area contributed by atoms with Gasteiger partial charge in [0.25, 0.3) is 0 Å². The van der Waals surface area contributed by atoms with Crippen LogP contribution in [0.3, 0.4) is 0 Å². The monoisotopic (exact) mass is 522 g/mol. The van der Waals surface area contributed by atoms with Gasteiger partial charge in [-0.05, 0) is 73.3 Å². The smallest absolute Gasteiger partial charge is 0.365 e. The number of thioether (sulfide) groups is 1. The van der Waals surface area contributed by atoms with E-state index < -0.39 is 11.0 Å². The first-order chi connectivity index (χ1) is 17.0. The Kier molecular flexibility index (Phi) is 6.56. The van der Waals surface area contributed by atoms with Crippen LogP contribution < -0.4 is 10.0 Å². The number of esters is 1. The van der Waals surface area contributed by atoms with Crippen LogP contribution >= 0.6 is 35.0 Å². The second-order valence-corrected chi connectivity index (χ2v) is 9.72. The van der Waals surface area contributed by atoms with E-state index in [0.29, 0.717) is 15.7 Å². The number of benzene rings is 3. The standard InChI is InChI=1S/C26H20Cl2N4O2S/c1-2-34-25(33)24-30-32(22-10-6-7-20(28)17-22)26(35-24)16-15-23(18-11-13-19(27)14-12-18)29-31(26)21-8-4-3-5-9-21/h3-17H,2H2,1H3/t26-/m1/s1. The summed E-state index contributed by atoms with van der Waals surface area (Å²) in [4.78, 5) is 11.7. The van der Waals surface area contributed by atoms with E-state index in [1.807, 2.05) is 83.9 Å². The van der Waals surface area contributed by atoms with Crippen molar-refractivity contribution < 1.29 is 9.53 Å². The number of rotatable bonds is 5. The van der Waals surface area contributed by atoms with Crippen molar-refractivity contribution in [2.24, 2.45) is 10.2 Å². The molecule has 1 spiro atoms. The molecular weight excluding hydrogens is 503 g/mol. The van der Waals surface area contributed by atoms with Gasteiger partial charge < -0.3 is 4.74 Å². The van der Waals surface area contributed by atoms with Crippen LogP contribution in [0.25, 0.3) is 0 Å². The molecule has 0 radical (unpaired) electrons. The van der Waals surface area contributed by atoms with Gasteiger partial charge in [-0.3, -0.25) is 0 Å². The largest absolute Gasteiger partial charge is 0.461 e. The normalized spacial score (nSPS) is 19.1. The minimum Gasteiger partial charge on any atom is -0.461 e. The Bertz CT molecular complexity index is 1340. The summed E-state index contributed by atoms with van der Waals surface area (Å²) in [5, 5.41) is 14.7. The van der Waals surface area contributed by atoms with E-state index in [9.17, 15) is 4.79 Å². The first-order valence-corrected chi connectivity index (χ1v) is 12.5. The number of ether oxygens (including phenoxy) is 1. The van der Waals surface area contributed by atoms with Crippen LogP contribution in [0, 0.1) is 0 Å². The summed E-state index contributed by atoms with van der Waals surface area (Å²) in [6.45, 7) is 2.02. The van der Waals surface area contributed by atoms with Crippen molar-refractivity contribution >= 4 is 63.1 Å². The summed E-state index contributed by atoms with van der Waals surface area (Å²) in [7, 11) is 0. The molecule has 0 aliphatic carbocycles. The molecule has 2 aliphatic heterocycles. The summed E-state index contributed by atoms with van der Waals surface area (Å²) >= 11 is 13.7. The highest BCUT2D eigenvalue weighted by atomic mass is 35.5. The average molecular weight is 523 g/mol.